The Morgan fingerprint density at radius 1 is 1.07 bits per heavy atom. The van der Waals surface area contributed by atoms with Crippen molar-refractivity contribution >= 4 is 35.2 Å². The van der Waals surface area contributed by atoms with Crippen molar-refractivity contribution in [2.75, 3.05) is 24.2 Å². The summed E-state index contributed by atoms with van der Waals surface area (Å²) in [5, 5.41) is 2.76. The van der Waals surface area contributed by atoms with E-state index in [1.54, 1.807) is 35.2 Å². The van der Waals surface area contributed by atoms with Gasteiger partial charge < -0.3 is 15.0 Å². The number of hydrogen-bond acceptors (Lipinski definition) is 5. The summed E-state index contributed by atoms with van der Waals surface area (Å²) in [5.41, 5.74) is 1.55. The van der Waals surface area contributed by atoms with E-state index in [1.807, 2.05) is 18.2 Å². The van der Waals surface area contributed by atoms with Gasteiger partial charge >= 0.3 is 5.97 Å². The van der Waals surface area contributed by atoms with Crippen molar-refractivity contribution in [3.63, 3.8) is 0 Å². The van der Waals surface area contributed by atoms with Crippen LogP contribution in [0.5, 0.6) is 0 Å². The molecule has 6 nitrogen and oxygen atoms in total. The Bertz CT molecular complexity index is 910. The van der Waals surface area contributed by atoms with Gasteiger partial charge in [-0.15, -0.1) is 11.8 Å². The first-order chi connectivity index (χ1) is 13.6. The van der Waals surface area contributed by atoms with Crippen LogP contribution in [0.25, 0.3) is 0 Å². The van der Waals surface area contributed by atoms with Gasteiger partial charge in [-0.1, -0.05) is 30.3 Å². The van der Waals surface area contributed by atoms with Crippen molar-refractivity contribution in [3.05, 3.63) is 59.7 Å². The van der Waals surface area contributed by atoms with Crippen molar-refractivity contribution in [1.82, 2.24) is 4.90 Å². The predicted octanol–water partition coefficient (Wildman–Crippen LogP) is 3.25. The first kappa shape index (κ1) is 18.6. The Kier molecular flexibility index (Phi) is 5.34. The van der Waals surface area contributed by atoms with Crippen LogP contribution in [-0.4, -0.2) is 41.5 Å². The van der Waals surface area contributed by atoms with Gasteiger partial charge in [-0.25, -0.2) is 4.79 Å². The third-order valence-electron chi connectivity index (χ3n) is 4.82. The largest absolute Gasteiger partial charge is 0.444 e. The number of fused-ring (bicyclic) bond motifs is 1. The van der Waals surface area contributed by atoms with Crippen LogP contribution in [0, 0.1) is 0 Å². The molecule has 0 spiro atoms. The van der Waals surface area contributed by atoms with Gasteiger partial charge in [0.25, 0.3) is 5.91 Å². The minimum atomic E-state index is -0.980. The molecule has 1 fully saturated rings. The number of rotatable bonds is 4. The fourth-order valence-corrected chi connectivity index (χ4v) is 4.17. The lowest BCUT2D eigenvalue weighted by molar-refractivity contribution is -0.140. The maximum Gasteiger partial charge on any atom is 0.339 e. The van der Waals surface area contributed by atoms with Crippen molar-refractivity contribution in [2.45, 2.75) is 23.8 Å². The fourth-order valence-electron chi connectivity index (χ4n) is 3.38. The lowest BCUT2D eigenvalue weighted by Crippen LogP contribution is -2.34. The summed E-state index contributed by atoms with van der Waals surface area (Å²) in [6, 6.07) is 14.1. The average Bonchev–Trinajstić information content (AvgIpc) is 3.26. The summed E-state index contributed by atoms with van der Waals surface area (Å²) in [4.78, 5) is 40.0. The molecule has 4 rings (SSSR count). The molecular weight excluding hydrogens is 376 g/mol. The number of nitrogens with zero attached hydrogens (tertiary/aromatic N) is 1. The van der Waals surface area contributed by atoms with E-state index >= 15 is 0 Å². The molecule has 0 aromatic heterocycles. The lowest BCUT2D eigenvalue weighted by Gasteiger charge is -2.24. The van der Waals surface area contributed by atoms with Gasteiger partial charge in [0.05, 0.1) is 17.0 Å². The quantitative estimate of drug-likeness (QED) is 0.803. The molecule has 7 heteroatoms. The van der Waals surface area contributed by atoms with Crippen LogP contribution in [0.15, 0.2) is 53.4 Å². The van der Waals surface area contributed by atoms with Crippen molar-refractivity contribution in [2.24, 2.45) is 0 Å². The smallest absolute Gasteiger partial charge is 0.339 e. The zero-order chi connectivity index (χ0) is 19.5. The number of likely N-dealkylation sites (tertiary alicyclic amines) is 1. The molecule has 2 amide bonds. The molecule has 1 N–H and O–H groups in total. The van der Waals surface area contributed by atoms with Gasteiger partial charge in [-0.05, 0) is 31.0 Å². The number of thioether (sulfide) groups is 1. The van der Waals surface area contributed by atoms with E-state index in [2.05, 4.69) is 5.32 Å². The Labute approximate surface area is 167 Å². The van der Waals surface area contributed by atoms with E-state index in [0.717, 1.165) is 17.7 Å². The number of ether oxygens (including phenoxy) is 1. The Morgan fingerprint density at radius 2 is 1.82 bits per heavy atom. The normalized spacial score (nSPS) is 16.9. The molecule has 0 saturated carbocycles. The summed E-state index contributed by atoms with van der Waals surface area (Å²) in [7, 11) is 0. The van der Waals surface area contributed by atoms with Gasteiger partial charge in [0.1, 0.15) is 0 Å². The standard InChI is InChI=1S/C21H20N2O4S/c24-18-13-28-17-9-8-15(12-16(17)22-18)21(26)27-19(14-6-2-1-3-7-14)20(25)23-10-4-5-11-23/h1-3,6-9,12,19H,4-5,10-11,13H2,(H,22,24)/t19-/m0/s1. The molecule has 0 radical (unpaired) electrons. The SMILES string of the molecule is O=C1CSc2ccc(C(=O)O[C@H](C(=O)N3CCCC3)c3ccccc3)cc2N1. The summed E-state index contributed by atoms with van der Waals surface area (Å²) in [6.07, 6.45) is 0.944. The van der Waals surface area contributed by atoms with Crippen LogP contribution in [-0.2, 0) is 14.3 Å². The van der Waals surface area contributed by atoms with E-state index < -0.39 is 12.1 Å². The molecule has 2 heterocycles. The first-order valence-corrected chi connectivity index (χ1v) is 10.2. The minimum absolute atomic E-state index is 0.102. The zero-order valence-electron chi connectivity index (χ0n) is 15.2. The number of nitrogens with one attached hydrogen (secondary N) is 1. The van der Waals surface area contributed by atoms with Crippen LogP contribution in [0.1, 0.15) is 34.9 Å². The molecule has 1 saturated heterocycles. The highest BCUT2D eigenvalue weighted by molar-refractivity contribution is 8.00. The first-order valence-electron chi connectivity index (χ1n) is 9.23. The molecule has 0 bridgehead atoms. The van der Waals surface area contributed by atoms with Crippen LogP contribution in [0.2, 0.25) is 0 Å². The van der Waals surface area contributed by atoms with Gasteiger partial charge in [0, 0.05) is 23.5 Å². The van der Waals surface area contributed by atoms with Crippen LogP contribution in [0.4, 0.5) is 5.69 Å². The molecule has 2 aliphatic rings. The van der Waals surface area contributed by atoms with Gasteiger partial charge in [0.15, 0.2) is 0 Å². The minimum Gasteiger partial charge on any atom is -0.444 e. The molecule has 1 atom stereocenters. The Hall–Kier alpha value is -2.80. The molecule has 2 aliphatic heterocycles. The summed E-state index contributed by atoms with van der Waals surface area (Å²) in [5.74, 6) is -0.528. The molecular formula is C21H20N2O4S. The predicted molar refractivity (Wildman–Crippen MR) is 106 cm³/mol. The van der Waals surface area contributed by atoms with Gasteiger partial charge in [-0.2, -0.15) is 0 Å². The van der Waals surface area contributed by atoms with Crippen LogP contribution in [0.3, 0.4) is 0 Å². The molecule has 0 unspecified atom stereocenters. The van der Waals surface area contributed by atoms with E-state index in [1.165, 1.54) is 11.8 Å². The number of amides is 2. The third kappa shape index (κ3) is 3.89. The van der Waals surface area contributed by atoms with Crippen molar-refractivity contribution in [1.29, 1.82) is 0 Å². The highest BCUT2D eigenvalue weighted by Gasteiger charge is 2.31. The fraction of sp³-hybridized carbons (Fsp3) is 0.286. The summed E-state index contributed by atoms with van der Waals surface area (Å²) in [6.45, 7) is 1.36. The molecule has 144 valence electrons. The summed E-state index contributed by atoms with van der Waals surface area (Å²) < 4.78 is 5.67. The molecule has 0 aliphatic carbocycles. The topological polar surface area (TPSA) is 75.7 Å². The zero-order valence-corrected chi connectivity index (χ0v) is 16.0. The molecule has 28 heavy (non-hydrogen) atoms. The maximum absolute atomic E-state index is 13.0. The Balaban J connectivity index is 1.58. The van der Waals surface area contributed by atoms with Gasteiger partial charge in [0.2, 0.25) is 12.0 Å². The van der Waals surface area contributed by atoms with Crippen LogP contribution >= 0.6 is 11.8 Å². The number of hydrogen-bond donors (Lipinski definition) is 1. The third-order valence-corrected chi connectivity index (χ3v) is 5.89. The Morgan fingerprint density at radius 3 is 2.57 bits per heavy atom. The molecule has 2 aromatic carbocycles. The monoisotopic (exact) mass is 396 g/mol. The van der Waals surface area contributed by atoms with Crippen molar-refractivity contribution in [3.8, 4) is 0 Å². The van der Waals surface area contributed by atoms with E-state index in [-0.39, 0.29) is 11.8 Å². The number of anilines is 1. The number of benzene rings is 2. The number of esters is 1. The van der Waals surface area contributed by atoms with Crippen LogP contribution < -0.4 is 5.32 Å². The number of carbonyl (C=O) groups is 3. The van der Waals surface area contributed by atoms with Crippen molar-refractivity contribution < 1.29 is 19.1 Å². The van der Waals surface area contributed by atoms with E-state index in [4.69, 9.17) is 4.74 Å². The highest BCUT2D eigenvalue weighted by Crippen LogP contribution is 2.33. The maximum atomic E-state index is 13.0. The van der Waals surface area contributed by atoms with E-state index in [9.17, 15) is 14.4 Å². The molecule has 2 aromatic rings. The summed E-state index contributed by atoms with van der Waals surface area (Å²) >= 11 is 1.42. The number of carbonyl (C=O) groups excluding carboxylic acids is 3. The second-order valence-electron chi connectivity index (χ2n) is 6.78. The average molecular weight is 396 g/mol. The lowest BCUT2D eigenvalue weighted by atomic mass is 10.1. The second kappa shape index (κ2) is 8.06. The highest BCUT2D eigenvalue weighted by atomic mass is 32.2. The van der Waals surface area contributed by atoms with Gasteiger partial charge in [-0.3, -0.25) is 9.59 Å². The van der Waals surface area contributed by atoms with E-state index in [0.29, 0.717) is 35.7 Å². The second-order valence-corrected chi connectivity index (χ2v) is 7.79.